The van der Waals surface area contributed by atoms with E-state index in [4.69, 9.17) is 0 Å². The van der Waals surface area contributed by atoms with Gasteiger partial charge in [-0.15, -0.1) is 0 Å². The van der Waals surface area contributed by atoms with Gasteiger partial charge in [-0.1, -0.05) is 0 Å². The normalized spacial score (nSPS) is 18.1. The molecule has 94 valence electrons. The van der Waals surface area contributed by atoms with Crippen molar-refractivity contribution in [3.63, 3.8) is 0 Å². The zero-order valence-electron chi connectivity index (χ0n) is 10.5. The Balaban J connectivity index is 1.87. The zero-order chi connectivity index (χ0) is 11.9. The number of pyridine rings is 1. The molecule has 2 rings (SSSR count). The predicted molar refractivity (Wildman–Crippen MR) is 73.5 cm³/mol. The first-order chi connectivity index (χ1) is 8.40. The summed E-state index contributed by atoms with van der Waals surface area (Å²) in [6.45, 7) is 7.09. The molecule has 1 saturated heterocycles. The van der Waals surface area contributed by atoms with Crippen LogP contribution in [-0.4, -0.2) is 50.3 Å². The Labute approximate surface area is 111 Å². The molecule has 4 heteroatoms. The van der Waals surface area contributed by atoms with Gasteiger partial charge in [0.25, 0.3) is 0 Å². The van der Waals surface area contributed by atoms with Gasteiger partial charge in [0.05, 0.1) is 0 Å². The summed E-state index contributed by atoms with van der Waals surface area (Å²) in [6, 6.07) is 4.19. The van der Waals surface area contributed by atoms with Crippen molar-refractivity contribution in [3.8, 4) is 0 Å². The molecule has 0 aromatic carbocycles. The Bertz CT molecular complexity index is 318. The van der Waals surface area contributed by atoms with Gasteiger partial charge in [0.15, 0.2) is 0 Å². The number of rotatable bonds is 4. The second-order valence-electron chi connectivity index (χ2n) is 4.31. The Hall–Kier alpha value is -0.571. The Morgan fingerprint density at radius 3 is 3.00 bits per heavy atom. The molecule has 1 fully saturated rings. The number of hydrogen-bond acceptors (Lipinski definition) is 3. The van der Waals surface area contributed by atoms with Gasteiger partial charge in [0, 0.05) is 0 Å². The predicted octanol–water partition coefficient (Wildman–Crippen LogP) is 2.04. The molecule has 1 aliphatic rings. The van der Waals surface area contributed by atoms with Crippen molar-refractivity contribution >= 4 is 20.9 Å². The van der Waals surface area contributed by atoms with E-state index in [1.165, 1.54) is 43.5 Å². The van der Waals surface area contributed by atoms with Crippen molar-refractivity contribution in [1.82, 2.24) is 8.90 Å². The monoisotopic (exact) mass is 299 g/mol. The maximum absolute atomic E-state index is 4.21. The van der Waals surface area contributed by atoms with E-state index in [1.54, 1.807) is 0 Å². The van der Waals surface area contributed by atoms with Crippen molar-refractivity contribution in [2.24, 2.45) is 0 Å². The Morgan fingerprint density at radius 1 is 1.29 bits per heavy atom. The molecule has 0 atom stereocenters. The SMILES string of the molecule is CCC[Se]N1CCCN(c2cccnc2)CC1. The van der Waals surface area contributed by atoms with E-state index in [0.717, 1.165) is 6.54 Å². The summed E-state index contributed by atoms with van der Waals surface area (Å²) in [5.41, 5.74) is 1.28. The van der Waals surface area contributed by atoms with Crippen LogP contribution in [0, 0.1) is 0 Å². The number of aromatic nitrogens is 1. The van der Waals surface area contributed by atoms with Gasteiger partial charge in [-0.2, -0.15) is 0 Å². The molecule has 0 saturated carbocycles. The standard InChI is InChI=1S/C13H21N3Se/c1-2-11-17-16-8-4-7-15(9-10-16)13-5-3-6-14-12-13/h3,5-6,12H,2,4,7-11H2,1H3. The number of anilines is 1. The molecule has 0 bridgehead atoms. The summed E-state index contributed by atoms with van der Waals surface area (Å²) < 4.78 is 2.66. The maximum atomic E-state index is 4.21. The number of hydrogen-bond donors (Lipinski definition) is 0. The molecule has 2 heterocycles. The Morgan fingerprint density at radius 2 is 2.24 bits per heavy atom. The van der Waals surface area contributed by atoms with Crippen LogP contribution in [0.3, 0.4) is 0 Å². The molecule has 0 spiro atoms. The van der Waals surface area contributed by atoms with Crippen molar-refractivity contribution in [2.45, 2.75) is 25.1 Å². The van der Waals surface area contributed by atoms with Crippen LogP contribution in [0.4, 0.5) is 5.69 Å². The minimum absolute atomic E-state index is 0.708. The van der Waals surface area contributed by atoms with Crippen LogP contribution < -0.4 is 4.90 Å². The Kier molecular flexibility index (Phi) is 5.30. The van der Waals surface area contributed by atoms with E-state index < -0.39 is 0 Å². The van der Waals surface area contributed by atoms with Gasteiger partial charge < -0.3 is 0 Å². The molecule has 17 heavy (non-hydrogen) atoms. The van der Waals surface area contributed by atoms with E-state index in [-0.39, 0.29) is 0 Å². The fourth-order valence-electron chi connectivity index (χ4n) is 2.04. The molecule has 0 aliphatic carbocycles. The summed E-state index contributed by atoms with van der Waals surface area (Å²) >= 11 is 0.708. The quantitative estimate of drug-likeness (QED) is 0.793. The van der Waals surface area contributed by atoms with Crippen LogP contribution in [0.2, 0.25) is 5.32 Å². The van der Waals surface area contributed by atoms with E-state index in [1.807, 2.05) is 18.5 Å². The van der Waals surface area contributed by atoms with E-state index in [2.05, 4.69) is 26.8 Å². The summed E-state index contributed by atoms with van der Waals surface area (Å²) in [4.78, 5) is 6.68. The van der Waals surface area contributed by atoms with Crippen LogP contribution in [0.15, 0.2) is 24.5 Å². The second-order valence-corrected chi connectivity index (χ2v) is 6.80. The van der Waals surface area contributed by atoms with Crippen LogP contribution >= 0.6 is 0 Å². The van der Waals surface area contributed by atoms with Crippen LogP contribution in [0.25, 0.3) is 0 Å². The summed E-state index contributed by atoms with van der Waals surface area (Å²) in [5.74, 6) is 0. The fraction of sp³-hybridized carbons (Fsp3) is 0.615. The van der Waals surface area contributed by atoms with E-state index in [9.17, 15) is 0 Å². The third-order valence-electron chi connectivity index (χ3n) is 2.94. The minimum atomic E-state index is 0.708. The third-order valence-corrected chi connectivity index (χ3v) is 5.72. The summed E-state index contributed by atoms with van der Waals surface area (Å²) in [5, 5.41) is 1.39. The first-order valence-electron chi connectivity index (χ1n) is 6.43. The van der Waals surface area contributed by atoms with Gasteiger partial charge in [0.1, 0.15) is 0 Å². The van der Waals surface area contributed by atoms with Crippen LogP contribution in [0.1, 0.15) is 19.8 Å². The molecule has 1 aromatic heterocycles. The van der Waals surface area contributed by atoms with Gasteiger partial charge in [0.2, 0.25) is 0 Å². The molecule has 3 nitrogen and oxygen atoms in total. The third kappa shape index (κ3) is 3.98. The van der Waals surface area contributed by atoms with Crippen LogP contribution in [0.5, 0.6) is 0 Å². The molecule has 0 radical (unpaired) electrons. The molecule has 1 aliphatic heterocycles. The number of nitrogens with zero attached hydrogens (tertiary/aromatic N) is 3. The molecular weight excluding hydrogens is 277 g/mol. The van der Waals surface area contributed by atoms with Crippen LogP contribution in [-0.2, 0) is 0 Å². The molecule has 0 N–H and O–H groups in total. The molecular formula is C13H21N3Se. The first kappa shape index (κ1) is 12.9. The molecule has 0 amide bonds. The van der Waals surface area contributed by atoms with Crippen molar-refractivity contribution in [1.29, 1.82) is 0 Å². The zero-order valence-corrected chi connectivity index (χ0v) is 12.2. The topological polar surface area (TPSA) is 19.4 Å². The van der Waals surface area contributed by atoms with Gasteiger partial charge in [-0.05, 0) is 0 Å². The van der Waals surface area contributed by atoms with Gasteiger partial charge >= 0.3 is 110 Å². The fourth-order valence-corrected chi connectivity index (χ4v) is 3.95. The molecule has 1 aromatic rings. The second kappa shape index (κ2) is 7.00. The average molecular weight is 298 g/mol. The summed E-state index contributed by atoms with van der Waals surface area (Å²) in [7, 11) is 0. The van der Waals surface area contributed by atoms with Crippen molar-refractivity contribution < 1.29 is 0 Å². The van der Waals surface area contributed by atoms with Crippen molar-refractivity contribution in [2.75, 3.05) is 31.1 Å². The van der Waals surface area contributed by atoms with E-state index >= 15 is 0 Å². The first-order valence-corrected chi connectivity index (χ1v) is 8.40. The van der Waals surface area contributed by atoms with E-state index in [0.29, 0.717) is 15.2 Å². The summed E-state index contributed by atoms with van der Waals surface area (Å²) in [6.07, 6.45) is 6.42. The van der Waals surface area contributed by atoms with Crippen molar-refractivity contribution in [3.05, 3.63) is 24.5 Å². The average Bonchev–Trinajstić information content (AvgIpc) is 2.63. The molecule has 0 unspecified atom stereocenters. The van der Waals surface area contributed by atoms with Gasteiger partial charge in [-0.3, -0.25) is 0 Å². The van der Waals surface area contributed by atoms with Gasteiger partial charge in [-0.25, -0.2) is 0 Å².